The van der Waals surface area contributed by atoms with Crippen molar-refractivity contribution in [1.82, 2.24) is 10.2 Å². The predicted octanol–water partition coefficient (Wildman–Crippen LogP) is 3.73. The molecule has 0 saturated heterocycles. The highest BCUT2D eigenvalue weighted by atomic mass is 32.1. The minimum absolute atomic E-state index is 0.206. The van der Waals surface area contributed by atoms with Crippen LogP contribution in [0.15, 0.2) is 40.1 Å². The molecular weight excluding hydrogens is 344 g/mol. The second kappa shape index (κ2) is 7.35. The summed E-state index contributed by atoms with van der Waals surface area (Å²) in [4.78, 5) is 13.4. The minimum Gasteiger partial charge on any atom is -0.496 e. The fourth-order valence-corrected chi connectivity index (χ4v) is 2.87. The van der Waals surface area contributed by atoms with Gasteiger partial charge in [-0.2, -0.15) is 0 Å². The standard InChI is InChI=1S/C17H16N2O5S/c1-10(15-18-19-16(24-15)13-8-5-9-25-13)23-17(20)14-11(21-2)6-4-7-12(14)22-3/h4-10H,1-3H3/t10-/m0/s1. The Hall–Kier alpha value is -2.87. The van der Waals surface area contributed by atoms with Crippen LogP contribution in [-0.2, 0) is 4.74 Å². The van der Waals surface area contributed by atoms with Crippen LogP contribution in [0.5, 0.6) is 11.5 Å². The molecule has 7 nitrogen and oxygen atoms in total. The Morgan fingerprint density at radius 2 is 1.84 bits per heavy atom. The fraction of sp³-hybridized carbons (Fsp3) is 0.235. The number of carbonyl (C=O) groups excluding carboxylic acids is 1. The van der Waals surface area contributed by atoms with Crippen molar-refractivity contribution in [1.29, 1.82) is 0 Å². The third-order valence-corrected chi connectivity index (χ3v) is 4.29. The van der Waals surface area contributed by atoms with Gasteiger partial charge in [-0.15, -0.1) is 21.5 Å². The topological polar surface area (TPSA) is 83.7 Å². The Labute approximate surface area is 148 Å². The second-order valence-electron chi connectivity index (χ2n) is 5.01. The average molecular weight is 360 g/mol. The molecule has 0 radical (unpaired) electrons. The van der Waals surface area contributed by atoms with Crippen molar-refractivity contribution in [2.75, 3.05) is 14.2 Å². The van der Waals surface area contributed by atoms with Gasteiger partial charge in [0.2, 0.25) is 0 Å². The van der Waals surface area contributed by atoms with Crippen molar-refractivity contribution < 1.29 is 23.4 Å². The normalized spacial score (nSPS) is 11.8. The lowest BCUT2D eigenvalue weighted by Crippen LogP contribution is -2.12. The smallest absolute Gasteiger partial charge is 0.346 e. The number of benzene rings is 1. The Bertz CT molecular complexity index is 838. The highest BCUT2D eigenvalue weighted by Crippen LogP contribution is 2.31. The average Bonchev–Trinajstić information content (AvgIpc) is 3.31. The van der Waals surface area contributed by atoms with Gasteiger partial charge in [-0.1, -0.05) is 12.1 Å². The monoisotopic (exact) mass is 360 g/mol. The second-order valence-corrected chi connectivity index (χ2v) is 5.96. The number of aromatic nitrogens is 2. The van der Waals surface area contributed by atoms with Gasteiger partial charge in [0.05, 0.1) is 19.1 Å². The van der Waals surface area contributed by atoms with Crippen LogP contribution in [0.25, 0.3) is 10.8 Å². The molecule has 2 aromatic heterocycles. The Kier molecular flexibility index (Phi) is 4.99. The number of nitrogens with zero attached hydrogens (tertiary/aromatic N) is 2. The van der Waals surface area contributed by atoms with Gasteiger partial charge < -0.3 is 18.6 Å². The van der Waals surface area contributed by atoms with Crippen LogP contribution in [0.2, 0.25) is 0 Å². The summed E-state index contributed by atoms with van der Waals surface area (Å²) in [7, 11) is 2.95. The lowest BCUT2D eigenvalue weighted by Gasteiger charge is -2.14. The van der Waals surface area contributed by atoms with Crippen LogP contribution in [0.3, 0.4) is 0 Å². The molecule has 1 aromatic carbocycles. The molecule has 0 aliphatic rings. The lowest BCUT2D eigenvalue weighted by atomic mass is 10.1. The minimum atomic E-state index is -0.719. The first-order chi connectivity index (χ1) is 12.1. The molecule has 130 valence electrons. The Morgan fingerprint density at radius 3 is 2.44 bits per heavy atom. The van der Waals surface area contributed by atoms with E-state index in [4.69, 9.17) is 18.6 Å². The van der Waals surface area contributed by atoms with Gasteiger partial charge >= 0.3 is 5.97 Å². The molecule has 0 fully saturated rings. The van der Waals surface area contributed by atoms with Crippen molar-refractivity contribution in [3.8, 4) is 22.3 Å². The number of carbonyl (C=O) groups is 1. The van der Waals surface area contributed by atoms with E-state index in [-0.39, 0.29) is 11.5 Å². The van der Waals surface area contributed by atoms with Gasteiger partial charge in [-0.25, -0.2) is 4.79 Å². The van der Waals surface area contributed by atoms with Crippen molar-refractivity contribution in [3.05, 3.63) is 47.2 Å². The molecule has 0 aliphatic carbocycles. The molecule has 0 unspecified atom stereocenters. The van der Waals surface area contributed by atoms with E-state index >= 15 is 0 Å². The summed E-state index contributed by atoms with van der Waals surface area (Å²) in [6.07, 6.45) is -0.719. The van der Waals surface area contributed by atoms with Gasteiger partial charge in [0.25, 0.3) is 11.8 Å². The predicted molar refractivity (Wildman–Crippen MR) is 91.0 cm³/mol. The Morgan fingerprint density at radius 1 is 1.12 bits per heavy atom. The zero-order valence-electron chi connectivity index (χ0n) is 13.9. The maximum absolute atomic E-state index is 12.6. The first kappa shape index (κ1) is 17.0. The third-order valence-electron chi connectivity index (χ3n) is 3.44. The van der Waals surface area contributed by atoms with E-state index in [2.05, 4.69) is 10.2 Å². The van der Waals surface area contributed by atoms with Gasteiger partial charge in [-0.05, 0) is 30.5 Å². The summed E-state index contributed by atoms with van der Waals surface area (Å²) < 4.78 is 21.5. The zero-order valence-corrected chi connectivity index (χ0v) is 14.7. The molecule has 0 spiro atoms. The molecule has 25 heavy (non-hydrogen) atoms. The summed E-state index contributed by atoms with van der Waals surface area (Å²) in [5.41, 5.74) is 0.206. The number of hydrogen-bond donors (Lipinski definition) is 0. The maximum atomic E-state index is 12.6. The van der Waals surface area contributed by atoms with Gasteiger partial charge in [-0.3, -0.25) is 0 Å². The van der Waals surface area contributed by atoms with Crippen LogP contribution >= 0.6 is 11.3 Å². The van der Waals surface area contributed by atoms with Gasteiger partial charge in [0.1, 0.15) is 17.1 Å². The molecule has 3 rings (SSSR count). The molecule has 0 bridgehead atoms. The van der Waals surface area contributed by atoms with Crippen molar-refractivity contribution in [2.45, 2.75) is 13.0 Å². The first-order valence-corrected chi connectivity index (χ1v) is 8.31. The summed E-state index contributed by atoms with van der Waals surface area (Å²) in [6, 6.07) is 8.81. The highest BCUT2D eigenvalue weighted by molar-refractivity contribution is 7.13. The summed E-state index contributed by atoms with van der Waals surface area (Å²) in [6.45, 7) is 1.66. The number of hydrogen-bond acceptors (Lipinski definition) is 8. The molecule has 1 atom stereocenters. The van der Waals surface area contributed by atoms with E-state index in [1.54, 1.807) is 25.1 Å². The first-order valence-electron chi connectivity index (χ1n) is 7.43. The quantitative estimate of drug-likeness (QED) is 0.619. The number of methoxy groups -OCH3 is 2. The van der Waals surface area contributed by atoms with E-state index in [1.807, 2.05) is 17.5 Å². The number of thiophene rings is 1. The van der Waals surface area contributed by atoms with E-state index in [0.717, 1.165) is 4.88 Å². The summed E-state index contributed by atoms with van der Waals surface area (Å²) in [5, 5.41) is 9.85. The molecule has 0 aliphatic heterocycles. The van der Waals surface area contributed by atoms with E-state index in [0.29, 0.717) is 17.4 Å². The Balaban J connectivity index is 1.80. The molecule has 0 N–H and O–H groups in total. The number of rotatable bonds is 6. The van der Waals surface area contributed by atoms with Gasteiger partial charge in [0.15, 0.2) is 6.10 Å². The van der Waals surface area contributed by atoms with Crippen LogP contribution in [0, 0.1) is 0 Å². The van der Waals surface area contributed by atoms with Crippen molar-refractivity contribution in [2.24, 2.45) is 0 Å². The fourth-order valence-electron chi connectivity index (χ4n) is 2.22. The van der Waals surface area contributed by atoms with Crippen LogP contribution in [-0.4, -0.2) is 30.4 Å². The molecule has 0 saturated carbocycles. The molecule has 0 amide bonds. The van der Waals surface area contributed by atoms with Crippen molar-refractivity contribution >= 4 is 17.3 Å². The summed E-state index contributed by atoms with van der Waals surface area (Å²) >= 11 is 1.48. The largest absolute Gasteiger partial charge is 0.496 e. The van der Waals surface area contributed by atoms with Gasteiger partial charge in [0, 0.05) is 0 Å². The van der Waals surface area contributed by atoms with Crippen molar-refractivity contribution in [3.63, 3.8) is 0 Å². The molecule has 2 heterocycles. The van der Waals surface area contributed by atoms with Crippen LogP contribution in [0.1, 0.15) is 29.3 Å². The highest BCUT2D eigenvalue weighted by Gasteiger charge is 2.25. The molecular formula is C17H16N2O5S. The SMILES string of the molecule is COc1cccc(OC)c1C(=O)O[C@@H](C)c1nnc(-c2cccs2)o1. The molecule has 8 heteroatoms. The number of ether oxygens (including phenoxy) is 3. The third kappa shape index (κ3) is 3.48. The van der Waals surface area contributed by atoms with E-state index < -0.39 is 12.1 Å². The maximum Gasteiger partial charge on any atom is 0.346 e. The van der Waals surface area contributed by atoms with E-state index in [9.17, 15) is 4.79 Å². The summed E-state index contributed by atoms with van der Waals surface area (Å²) in [5.74, 6) is 0.730. The van der Waals surface area contributed by atoms with Crippen LogP contribution < -0.4 is 9.47 Å². The molecule has 3 aromatic rings. The van der Waals surface area contributed by atoms with E-state index in [1.165, 1.54) is 25.6 Å². The lowest BCUT2D eigenvalue weighted by molar-refractivity contribution is 0.0273. The zero-order chi connectivity index (χ0) is 17.8. The van der Waals surface area contributed by atoms with Crippen LogP contribution in [0.4, 0.5) is 0 Å². The number of esters is 1.